The van der Waals surface area contributed by atoms with Gasteiger partial charge in [-0.3, -0.25) is 9.69 Å². The van der Waals surface area contributed by atoms with E-state index in [2.05, 4.69) is 17.1 Å². The van der Waals surface area contributed by atoms with Gasteiger partial charge in [-0.05, 0) is 43.5 Å². The van der Waals surface area contributed by atoms with E-state index in [0.717, 1.165) is 36.5 Å². The Balaban J connectivity index is 1.54. The number of nitrogens with zero attached hydrogens (tertiary/aromatic N) is 2. The third-order valence-corrected chi connectivity index (χ3v) is 9.36. The molecule has 1 N–H and O–H groups in total. The zero-order chi connectivity index (χ0) is 23.6. The van der Waals surface area contributed by atoms with Crippen molar-refractivity contribution in [2.45, 2.75) is 37.6 Å². The zero-order valence-corrected chi connectivity index (χ0v) is 20.5. The van der Waals surface area contributed by atoms with E-state index in [0.29, 0.717) is 30.0 Å². The Morgan fingerprint density at radius 2 is 1.97 bits per heavy atom. The highest BCUT2D eigenvalue weighted by Crippen LogP contribution is 2.38. The van der Waals surface area contributed by atoms with Gasteiger partial charge >= 0.3 is 5.97 Å². The summed E-state index contributed by atoms with van der Waals surface area (Å²) in [6.45, 7) is 5.11. The summed E-state index contributed by atoms with van der Waals surface area (Å²) >= 11 is 1.41. The molecule has 0 radical (unpaired) electrons. The van der Waals surface area contributed by atoms with Gasteiger partial charge in [0.1, 0.15) is 5.00 Å². The van der Waals surface area contributed by atoms with Gasteiger partial charge in [-0.1, -0.05) is 25.1 Å². The Bertz CT molecular complexity index is 1130. The van der Waals surface area contributed by atoms with E-state index in [9.17, 15) is 18.0 Å². The number of likely N-dealkylation sites (N-methyl/N-ethyl adjacent to an activating group) is 1. The van der Waals surface area contributed by atoms with Crippen molar-refractivity contribution in [3.8, 4) is 0 Å². The van der Waals surface area contributed by atoms with Gasteiger partial charge in [0.25, 0.3) is 0 Å². The number of amides is 1. The number of carbonyl (C=O) groups excluding carboxylic acids is 2. The second-order valence-corrected chi connectivity index (χ2v) is 11.4. The van der Waals surface area contributed by atoms with Crippen LogP contribution in [0.25, 0.3) is 0 Å². The van der Waals surface area contributed by atoms with Crippen LogP contribution in [0.2, 0.25) is 0 Å². The standard InChI is InChI=1S/C23H29N3O5S2/c1-3-25-13-11-18-19(15-25)32-22(20(18)23(28)31-2)24-21(27)16-8-7-12-26(14-16)33(29,30)17-9-5-4-6-10-17/h4-6,9-10,16H,3,7-8,11-15H2,1-2H3,(H,24,27). The number of esters is 1. The van der Waals surface area contributed by atoms with Crippen LogP contribution in [0.1, 0.15) is 40.6 Å². The Labute approximate surface area is 198 Å². The maximum absolute atomic E-state index is 13.2. The van der Waals surface area contributed by atoms with Gasteiger partial charge in [-0.2, -0.15) is 4.31 Å². The fourth-order valence-electron chi connectivity index (χ4n) is 4.46. The van der Waals surface area contributed by atoms with Crippen molar-refractivity contribution in [2.75, 3.05) is 38.6 Å². The molecule has 10 heteroatoms. The van der Waals surface area contributed by atoms with Crippen LogP contribution in [0.4, 0.5) is 5.00 Å². The maximum Gasteiger partial charge on any atom is 0.341 e. The minimum absolute atomic E-state index is 0.116. The number of rotatable bonds is 6. The molecule has 4 rings (SSSR count). The van der Waals surface area contributed by atoms with Crippen LogP contribution in [0.3, 0.4) is 0 Å². The number of piperidine rings is 1. The van der Waals surface area contributed by atoms with Crippen molar-refractivity contribution in [3.05, 3.63) is 46.3 Å². The number of hydrogen-bond acceptors (Lipinski definition) is 7. The van der Waals surface area contributed by atoms with E-state index in [4.69, 9.17) is 4.74 Å². The van der Waals surface area contributed by atoms with Crippen LogP contribution >= 0.6 is 11.3 Å². The van der Waals surface area contributed by atoms with E-state index in [1.165, 1.54) is 22.8 Å². The van der Waals surface area contributed by atoms with Crippen molar-refractivity contribution in [2.24, 2.45) is 5.92 Å². The smallest absolute Gasteiger partial charge is 0.341 e. The summed E-state index contributed by atoms with van der Waals surface area (Å²) in [4.78, 5) is 29.3. The van der Waals surface area contributed by atoms with Crippen LogP contribution < -0.4 is 5.32 Å². The number of benzene rings is 1. The number of nitrogens with one attached hydrogen (secondary N) is 1. The van der Waals surface area contributed by atoms with E-state index in [1.807, 2.05) is 0 Å². The Hall–Kier alpha value is -2.27. The molecular formula is C23H29N3O5S2. The van der Waals surface area contributed by atoms with Crippen LogP contribution in [0.15, 0.2) is 35.2 Å². The lowest BCUT2D eigenvalue weighted by molar-refractivity contribution is -0.120. The van der Waals surface area contributed by atoms with Gasteiger partial charge in [0.15, 0.2) is 0 Å². The highest BCUT2D eigenvalue weighted by Gasteiger charge is 2.35. The second kappa shape index (κ2) is 9.92. The molecule has 2 aromatic rings. The highest BCUT2D eigenvalue weighted by atomic mass is 32.2. The number of fused-ring (bicyclic) bond motifs is 1. The monoisotopic (exact) mass is 491 g/mol. The van der Waals surface area contributed by atoms with Crippen molar-refractivity contribution in [3.63, 3.8) is 0 Å². The SMILES string of the molecule is CCN1CCc2c(sc(NC(=O)C3CCCN(S(=O)(=O)c4ccccc4)C3)c2C(=O)OC)C1. The molecule has 8 nitrogen and oxygen atoms in total. The van der Waals surface area contributed by atoms with Gasteiger partial charge in [0.05, 0.1) is 23.5 Å². The summed E-state index contributed by atoms with van der Waals surface area (Å²) in [7, 11) is -2.32. The quantitative estimate of drug-likeness (QED) is 0.624. The van der Waals surface area contributed by atoms with E-state index in [-0.39, 0.29) is 17.3 Å². The third-order valence-electron chi connectivity index (χ3n) is 6.35. The maximum atomic E-state index is 13.2. The van der Waals surface area contributed by atoms with Gasteiger partial charge in [0, 0.05) is 31.1 Å². The molecule has 0 spiro atoms. The summed E-state index contributed by atoms with van der Waals surface area (Å²) < 4.78 is 32.4. The summed E-state index contributed by atoms with van der Waals surface area (Å²) in [5.41, 5.74) is 1.38. The molecule has 1 saturated heterocycles. The van der Waals surface area contributed by atoms with Crippen LogP contribution in [-0.2, 0) is 32.5 Å². The van der Waals surface area contributed by atoms with Crippen molar-refractivity contribution in [1.29, 1.82) is 0 Å². The second-order valence-electron chi connectivity index (χ2n) is 8.32. The Morgan fingerprint density at radius 1 is 1.21 bits per heavy atom. The molecule has 1 fully saturated rings. The largest absolute Gasteiger partial charge is 0.465 e. The normalized spacial score (nSPS) is 19.6. The lowest BCUT2D eigenvalue weighted by Gasteiger charge is -2.31. The molecule has 1 aromatic carbocycles. The first-order valence-corrected chi connectivity index (χ1v) is 13.4. The number of ether oxygens (including phenoxy) is 1. The lowest BCUT2D eigenvalue weighted by atomic mass is 9.98. The molecule has 33 heavy (non-hydrogen) atoms. The fourth-order valence-corrected chi connectivity index (χ4v) is 7.29. The van der Waals surface area contributed by atoms with Gasteiger partial charge in [-0.25, -0.2) is 13.2 Å². The van der Waals surface area contributed by atoms with Gasteiger partial charge < -0.3 is 10.1 Å². The van der Waals surface area contributed by atoms with Gasteiger partial charge in [0.2, 0.25) is 15.9 Å². The van der Waals surface area contributed by atoms with Crippen LogP contribution in [0, 0.1) is 5.92 Å². The molecule has 0 aliphatic carbocycles. The average Bonchev–Trinajstić information content (AvgIpc) is 3.20. The predicted molar refractivity (Wildman–Crippen MR) is 127 cm³/mol. The minimum Gasteiger partial charge on any atom is -0.465 e. The summed E-state index contributed by atoms with van der Waals surface area (Å²) in [6.07, 6.45) is 1.92. The first kappa shape index (κ1) is 23.9. The van der Waals surface area contributed by atoms with E-state index < -0.39 is 21.9 Å². The molecule has 3 heterocycles. The molecule has 1 unspecified atom stereocenters. The first-order valence-electron chi connectivity index (χ1n) is 11.2. The van der Waals surface area contributed by atoms with Crippen molar-refractivity contribution >= 4 is 38.2 Å². The van der Waals surface area contributed by atoms with Crippen molar-refractivity contribution < 1.29 is 22.7 Å². The number of hydrogen-bond donors (Lipinski definition) is 1. The average molecular weight is 492 g/mol. The predicted octanol–water partition coefficient (Wildman–Crippen LogP) is 2.95. The topological polar surface area (TPSA) is 96.0 Å². The van der Waals surface area contributed by atoms with Crippen molar-refractivity contribution in [1.82, 2.24) is 9.21 Å². The Kier molecular flexibility index (Phi) is 7.18. The molecule has 0 bridgehead atoms. The molecule has 0 saturated carbocycles. The fraction of sp³-hybridized carbons (Fsp3) is 0.478. The molecule has 1 amide bonds. The molecule has 2 aliphatic rings. The summed E-state index contributed by atoms with van der Waals surface area (Å²) in [6, 6.07) is 8.28. The molecule has 178 valence electrons. The van der Waals surface area contributed by atoms with Crippen LogP contribution in [0.5, 0.6) is 0 Å². The van der Waals surface area contributed by atoms with E-state index >= 15 is 0 Å². The number of sulfonamides is 1. The number of methoxy groups -OCH3 is 1. The van der Waals surface area contributed by atoms with Gasteiger partial charge in [-0.15, -0.1) is 11.3 Å². The van der Waals surface area contributed by atoms with Crippen LogP contribution in [-0.4, -0.2) is 62.8 Å². The first-order chi connectivity index (χ1) is 15.8. The highest BCUT2D eigenvalue weighted by molar-refractivity contribution is 7.89. The number of thiophene rings is 1. The molecular weight excluding hydrogens is 462 g/mol. The zero-order valence-electron chi connectivity index (χ0n) is 18.9. The summed E-state index contributed by atoms with van der Waals surface area (Å²) in [5, 5.41) is 3.43. The molecule has 1 atom stereocenters. The summed E-state index contributed by atoms with van der Waals surface area (Å²) in [5.74, 6) is -1.21. The third kappa shape index (κ3) is 4.84. The van der Waals surface area contributed by atoms with E-state index in [1.54, 1.807) is 30.3 Å². The minimum atomic E-state index is -3.66. The lowest BCUT2D eigenvalue weighted by Crippen LogP contribution is -2.43. The number of carbonyl (C=O) groups is 2. The number of anilines is 1. The Morgan fingerprint density at radius 3 is 2.67 bits per heavy atom. The molecule has 2 aliphatic heterocycles. The molecule has 1 aromatic heterocycles.